The number of amides is 1. The van der Waals surface area contributed by atoms with Gasteiger partial charge in [-0.05, 0) is 43.7 Å². The van der Waals surface area contributed by atoms with E-state index in [2.05, 4.69) is 58.0 Å². The van der Waals surface area contributed by atoms with Gasteiger partial charge in [-0.2, -0.15) is 0 Å². The fraction of sp³-hybridized carbons (Fsp3) is 0.435. The Labute approximate surface area is 178 Å². The maximum atomic E-state index is 9.59. The van der Waals surface area contributed by atoms with Crippen LogP contribution in [0.3, 0.4) is 0 Å². The number of benzene rings is 2. The topological polar surface area (TPSA) is 57.6 Å². The van der Waals surface area contributed by atoms with Crippen LogP contribution in [0, 0.1) is 0 Å². The average molecular weight is 414 g/mol. The van der Waals surface area contributed by atoms with Crippen molar-refractivity contribution in [3.05, 3.63) is 54.1 Å². The highest BCUT2D eigenvalue weighted by Crippen LogP contribution is 2.31. The number of carbonyl (C=O) groups is 1. The van der Waals surface area contributed by atoms with E-state index in [-0.39, 0.29) is 6.09 Å². The molecule has 30 heavy (non-hydrogen) atoms. The van der Waals surface area contributed by atoms with E-state index in [1.807, 2.05) is 19.1 Å². The molecule has 7 heteroatoms. The second kappa shape index (κ2) is 10.2. The minimum Gasteiger partial charge on any atom is -0.497 e. The number of carbonyl (C=O) groups excluding carboxylic acids is 1. The van der Waals surface area contributed by atoms with Crippen LogP contribution in [0.25, 0.3) is 0 Å². The molecule has 0 spiro atoms. The summed E-state index contributed by atoms with van der Waals surface area (Å²) in [5, 5.41) is 1.15. The van der Waals surface area contributed by atoms with Gasteiger partial charge in [0.1, 0.15) is 11.5 Å². The Morgan fingerprint density at radius 2 is 1.73 bits per heavy atom. The molecule has 2 aliphatic rings. The van der Waals surface area contributed by atoms with Gasteiger partial charge in [0.25, 0.3) is 0 Å². The quantitative estimate of drug-likeness (QED) is 0.668. The van der Waals surface area contributed by atoms with Crippen LogP contribution in [0.5, 0.6) is 11.5 Å². The molecular formula is C23H31N3O4. The zero-order chi connectivity index (χ0) is 21.5. The first kappa shape index (κ1) is 21.8. The Hall–Kier alpha value is -2.93. The van der Waals surface area contributed by atoms with Gasteiger partial charge >= 0.3 is 6.09 Å². The third-order valence-electron chi connectivity index (χ3n) is 5.38. The molecular weight excluding hydrogens is 382 g/mol. The summed E-state index contributed by atoms with van der Waals surface area (Å²) in [6.07, 6.45) is -0.245. The number of nitrogens with zero attached hydrogens (tertiary/aromatic N) is 3. The van der Waals surface area contributed by atoms with E-state index in [1.54, 1.807) is 14.2 Å². The maximum absolute atomic E-state index is 9.59. The number of anilines is 1. The van der Waals surface area contributed by atoms with Crippen molar-refractivity contribution in [3.8, 4) is 11.5 Å². The van der Waals surface area contributed by atoms with Gasteiger partial charge < -0.3 is 19.2 Å². The van der Waals surface area contributed by atoms with Crippen LogP contribution in [-0.2, 0) is 4.84 Å². The molecule has 2 aliphatic heterocycles. The van der Waals surface area contributed by atoms with Crippen molar-refractivity contribution >= 4 is 11.8 Å². The van der Waals surface area contributed by atoms with Crippen molar-refractivity contribution in [2.45, 2.75) is 19.9 Å². The Morgan fingerprint density at radius 3 is 2.33 bits per heavy atom. The largest absolute Gasteiger partial charge is 0.497 e. The smallest absolute Gasteiger partial charge is 0.467 e. The molecule has 162 valence electrons. The standard InChI is InChI=1S/C21H28N2O2.C2H3NO2/c1-4-25-21-11-6-5-10-20(21)23-14-12-22(13-15-23)17(2)18-8-7-9-19(16-18)24-3;1-3-2(4)5-3/h5-11,16-17H,4,12-15H2,1-3H3;1H3. The lowest BCUT2D eigenvalue weighted by molar-refractivity contribution is 0.197. The first-order valence-corrected chi connectivity index (χ1v) is 10.3. The second-order valence-corrected chi connectivity index (χ2v) is 7.23. The lowest BCUT2D eigenvalue weighted by Crippen LogP contribution is -2.47. The monoisotopic (exact) mass is 413 g/mol. The summed E-state index contributed by atoms with van der Waals surface area (Å²) in [6, 6.07) is 17.1. The molecule has 2 aromatic rings. The lowest BCUT2D eigenvalue weighted by atomic mass is 10.1. The van der Waals surface area contributed by atoms with Crippen LogP contribution in [0.2, 0.25) is 0 Å². The minimum absolute atomic E-state index is 0.245. The van der Waals surface area contributed by atoms with E-state index in [0.29, 0.717) is 12.6 Å². The summed E-state index contributed by atoms with van der Waals surface area (Å²) < 4.78 is 11.2. The van der Waals surface area contributed by atoms with Crippen molar-refractivity contribution in [1.82, 2.24) is 9.96 Å². The van der Waals surface area contributed by atoms with Gasteiger partial charge in [-0.15, -0.1) is 5.06 Å². The third-order valence-corrected chi connectivity index (χ3v) is 5.38. The normalized spacial score (nSPS) is 16.9. The SMILES string of the molecule is CCOc1ccccc1N1CCN(C(C)c2cccc(OC)c2)CC1.CN1OC1=O. The van der Waals surface area contributed by atoms with Gasteiger partial charge in [-0.25, -0.2) is 4.79 Å². The number of hydrogen-bond donors (Lipinski definition) is 0. The predicted octanol–water partition coefficient (Wildman–Crippen LogP) is 3.96. The fourth-order valence-electron chi connectivity index (χ4n) is 3.56. The number of hydrogen-bond acceptors (Lipinski definition) is 6. The molecule has 2 fully saturated rings. The first-order valence-electron chi connectivity index (χ1n) is 10.3. The number of ether oxygens (including phenoxy) is 2. The van der Waals surface area contributed by atoms with E-state index in [4.69, 9.17) is 9.47 Å². The van der Waals surface area contributed by atoms with Gasteiger partial charge in [0.05, 0.1) is 26.5 Å². The number of methoxy groups -OCH3 is 1. The van der Waals surface area contributed by atoms with Crippen LogP contribution in [0.1, 0.15) is 25.5 Å². The fourth-order valence-corrected chi connectivity index (χ4v) is 3.56. The van der Waals surface area contributed by atoms with Crippen LogP contribution in [0.15, 0.2) is 48.5 Å². The molecule has 4 rings (SSSR count). The van der Waals surface area contributed by atoms with E-state index in [9.17, 15) is 4.79 Å². The van der Waals surface area contributed by atoms with Gasteiger partial charge in [-0.1, -0.05) is 24.3 Å². The van der Waals surface area contributed by atoms with Crippen LogP contribution >= 0.6 is 0 Å². The molecule has 0 aromatic heterocycles. The molecule has 2 heterocycles. The Morgan fingerprint density at radius 1 is 1.07 bits per heavy atom. The molecule has 2 saturated heterocycles. The van der Waals surface area contributed by atoms with Gasteiger partial charge in [0.15, 0.2) is 0 Å². The summed E-state index contributed by atoms with van der Waals surface area (Å²) in [5.74, 6) is 1.91. The molecule has 1 unspecified atom stereocenters. The zero-order valence-electron chi connectivity index (χ0n) is 18.2. The van der Waals surface area contributed by atoms with Crippen molar-refractivity contribution in [2.75, 3.05) is 51.8 Å². The third kappa shape index (κ3) is 5.57. The molecule has 0 bridgehead atoms. The zero-order valence-corrected chi connectivity index (χ0v) is 18.2. The van der Waals surface area contributed by atoms with Gasteiger partial charge in [-0.3, -0.25) is 4.90 Å². The maximum Gasteiger partial charge on any atom is 0.467 e. The summed E-state index contributed by atoms with van der Waals surface area (Å²) in [4.78, 5) is 18.7. The van der Waals surface area contributed by atoms with E-state index >= 15 is 0 Å². The molecule has 0 radical (unpaired) electrons. The van der Waals surface area contributed by atoms with Crippen molar-refractivity contribution < 1.29 is 19.1 Å². The predicted molar refractivity (Wildman–Crippen MR) is 117 cm³/mol. The minimum atomic E-state index is -0.245. The molecule has 1 amide bonds. The van der Waals surface area contributed by atoms with E-state index in [0.717, 1.165) is 42.7 Å². The number of para-hydroxylation sites is 2. The van der Waals surface area contributed by atoms with Crippen molar-refractivity contribution in [3.63, 3.8) is 0 Å². The summed E-state index contributed by atoms with van der Waals surface area (Å²) in [5.41, 5.74) is 2.51. The molecule has 0 N–H and O–H groups in total. The van der Waals surface area contributed by atoms with Gasteiger partial charge in [0, 0.05) is 32.2 Å². The van der Waals surface area contributed by atoms with Gasteiger partial charge in [0.2, 0.25) is 0 Å². The summed E-state index contributed by atoms with van der Waals surface area (Å²) in [7, 11) is 3.28. The van der Waals surface area contributed by atoms with E-state index in [1.165, 1.54) is 11.3 Å². The van der Waals surface area contributed by atoms with Crippen LogP contribution < -0.4 is 14.4 Å². The van der Waals surface area contributed by atoms with Crippen LogP contribution in [0.4, 0.5) is 10.5 Å². The van der Waals surface area contributed by atoms with Crippen LogP contribution in [-0.4, -0.2) is 63.0 Å². The number of rotatable bonds is 6. The summed E-state index contributed by atoms with van der Waals surface area (Å²) in [6.45, 7) is 9.11. The Balaban J connectivity index is 0.000000448. The molecule has 1 atom stereocenters. The van der Waals surface area contributed by atoms with Crippen molar-refractivity contribution in [1.29, 1.82) is 0 Å². The highest BCUT2D eigenvalue weighted by Gasteiger charge is 2.28. The molecule has 7 nitrogen and oxygen atoms in total. The lowest BCUT2D eigenvalue weighted by Gasteiger charge is -2.39. The number of hydroxylamine groups is 2. The average Bonchev–Trinajstić information content (AvgIpc) is 3.46. The number of piperazine rings is 1. The Bertz CT molecular complexity index is 837. The van der Waals surface area contributed by atoms with Crippen molar-refractivity contribution in [2.24, 2.45) is 0 Å². The highest BCUT2D eigenvalue weighted by atomic mass is 16.9. The Kier molecular flexibility index (Phi) is 7.41. The molecule has 2 aromatic carbocycles. The molecule has 0 saturated carbocycles. The van der Waals surface area contributed by atoms with E-state index < -0.39 is 0 Å². The first-order chi connectivity index (χ1) is 14.5. The summed E-state index contributed by atoms with van der Waals surface area (Å²) >= 11 is 0. The highest BCUT2D eigenvalue weighted by molar-refractivity contribution is 5.75. The second-order valence-electron chi connectivity index (χ2n) is 7.23. The molecule has 0 aliphatic carbocycles.